The lowest BCUT2D eigenvalue weighted by Gasteiger charge is -2.15. The Morgan fingerprint density at radius 1 is 0.977 bits per heavy atom. The molecule has 0 fully saturated rings. The van der Waals surface area contributed by atoms with Gasteiger partial charge in [0.25, 0.3) is 5.56 Å². The number of benzene rings is 4. The second kappa shape index (κ2) is 12.4. The molecule has 216 valence electrons. The molecule has 0 unspecified atom stereocenters. The maximum absolute atomic E-state index is 13.6. The largest absolute Gasteiger partial charge is 0.490 e. The van der Waals surface area contributed by atoms with Crippen LogP contribution in [-0.2, 0) is 6.61 Å². The summed E-state index contributed by atoms with van der Waals surface area (Å²) < 4.78 is 19.9. The second-order valence-corrected chi connectivity index (χ2v) is 11.5. The molecule has 0 aliphatic carbocycles. The molecule has 0 amide bonds. The fourth-order valence-corrected chi connectivity index (χ4v) is 5.56. The monoisotopic (exact) mass is 695 g/mol. The van der Waals surface area contributed by atoms with E-state index in [0.717, 1.165) is 10.9 Å². The van der Waals surface area contributed by atoms with Crippen LogP contribution < -0.4 is 15.0 Å². The Labute approximate surface area is 269 Å². The third-order valence-corrected chi connectivity index (χ3v) is 8.04. The van der Waals surface area contributed by atoms with E-state index in [2.05, 4.69) is 21.0 Å². The molecule has 0 spiro atoms. The maximum Gasteiger partial charge on any atom is 0.282 e. The van der Waals surface area contributed by atoms with Gasteiger partial charge in [0.15, 0.2) is 17.3 Å². The highest BCUT2D eigenvalue weighted by atomic mass is 79.9. The summed E-state index contributed by atoms with van der Waals surface area (Å²) >= 11 is 22.0. The van der Waals surface area contributed by atoms with Crippen molar-refractivity contribution in [1.29, 1.82) is 0 Å². The van der Waals surface area contributed by atoms with E-state index < -0.39 is 0 Å². The van der Waals surface area contributed by atoms with E-state index in [1.54, 1.807) is 66.9 Å². The number of hydrogen-bond donors (Lipinski definition) is 0. The molecule has 0 radical (unpaired) electrons. The summed E-state index contributed by atoms with van der Waals surface area (Å²) in [6.07, 6.45) is 1.55. The first-order valence-corrected chi connectivity index (χ1v) is 15.0. The molecule has 0 aliphatic rings. The molecule has 6 rings (SSSR count). The fraction of sp³-hybridized carbons (Fsp3) is 0.0938. The molecule has 6 aromatic rings. The van der Waals surface area contributed by atoms with Gasteiger partial charge in [-0.3, -0.25) is 4.79 Å². The van der Waals surface area contributed by atoms with Crippen LogP contribution in [0.15, 0.2) is 97.6 Å². The number of hydrogen-bond acceptors (Lipinski definition) is 6. The number of furan rings is 1. The molecule has 43 heavy (non-hydrogen) atoms. The summed E-state index contributed by atoms with van der Waals surface area (Å²) in [4.78, 5) is 18.4. The van der Waals surface area contributed by atoms with E-state index in [4.69, 9.17) is 53.7 Å². The Kier molecular flexibility index (Phi) is 8.45. The lowest BCUT2D eigenvalue weighted by Crippen LogP contribution is -2.20. The molecule has 4 aromatic carbocycles. The molecule has 2 aromatic heterocycles. The van der Waals surface area contributed by atoms with Crippen LogP contribution in [0.1, 0.15) is 18.1 Å². The number of rotatable bonds is 8. The van der Waals surface area contributed by atoms with Crippen molar-refractivity contribution in [3.05, 3.63) is 120 Å². The highest BCUT2D eigenvalue weighted by molar-refractivity contribution is 9.10. The number of halogens is 4. The average Bonchev–Trinajstić information content (AvgIpc) is 3.41. The third-order valence-electron chi connectivity index (χ3n) is 6.47. The normalized spacial score (nSPS) is 11.6. The molecule has 11 heteroatoms. The van der Waals surface area contributed by atoms with Gasteiger partial charge in [0.2, 0.25) is 5.82 Å². The van der Waals surface area contributed by atoms with Crippen LogP contribution in [0, 0.1) is 0 Å². The predicted octanol–water partition coefficient (Wildman–Crippen LogP) is 9.39. The van der Waals surface area contributed by atoms with Crippen LogP contribution in [0.4, 0.5) is 0 Å². The molecule has 0 saturated heterocycles. The van der Waals surface area contributed by atoms with Crippen LogP contribution in [0.5, 0.6) is 11.5 Å². The smallest absolute Gasteiger partial charge is 0.282 e. The first-order valence-electron chi connectivity index (χ1n) is 13.1. The average molecular weight is 698 g/mol. The highest BCUT2D eigenvalue weighted by Gasteiger charge is 2.17. The van der Waals surface area contributed by atoms with Crippen LogP contribution in [0.3, 0.4) is 0 Å². The van der Waals surface area contributed by atoms with E-state index in [1.807, 2.05) is 25.1 Å². The molecular formula is C32H21BrCl3N3O4. The van der Waals surface area contributed by atoms with E-state index in [1.165, 1.54) is 4.68 Å². The number of para-hydroxylation sites is 1. The van der Waals surface area contributed by atoms with Gasteiger partial charge in [-0.15, -0.1) is 0 Å². The van der Waals surface area contributed by atoms with Crippen molar-refractivity contribution in [1.82, 2.24) is 9.66 Å². The SMILES string of the molecule is CCOc1cc(C=Nn2c(-c3cc4cc(Cl)ccc4o3)nc3ccccc3c2=O)cc(Br)c1OCc1ccc(Cl)c(Cl)c1. The lowest BCUT2D eigenvalue weighted by atomic mass is 10.2. The molecule has 0 aliphatic heterocycles. The zero-order chi connectivity index (χ0) is 30.1. The van der Waals surface area contributed by atoms with Crippen molar-refractivity contribution in [2.75, 3.05) is 6.61 Å². The predicted molar refractivity (Wildman–Crippen MR) is 175 cm³/mol. The van der Waals surface area contributed by atoms with Gasteiger partial charge in [-0.1, -0.05) is 53.0 Å². The van der Waals surface area contributed by atoms with Gasteiger partial charge in [0, 0.05) is 10.4 Å². The van der Waals surface area contributed by atoms with Crippen LogP contribution in [0.25, 0.3) is 33.5 Å². The first-order chi connectivity index (χ1) is 20.8. The van der Waals surface area contributed by atoms with E-state index in [0.29, 0.717) is 65.5 Å². The maximum atomic E-state index is 13.6. The van der Waals surface area contributed by atoms with Crippen LogP contribution in [-0.4, -0.2) is 22.5 Å². The molecular weight excluding hydrogens is 677 g/mol. The molecule has 0 N–H and O–H groups in total. The fourth-order valence-electron chi connectivity index (χ4n) is 4.49. The second-order valence-electron chi connectivity index (χ2n) is 9.41. The summed E-state index contributed by atoms with van der Waals surface area (Å²) in [6.45, 7) is 2.53. The summed E-state index contributed by atoms with van der Waals surface area (Å²) in [5.74, 6) is 1.63. The minimum atomic E-state index is -0.346. The molecule has 0 saturated carbocycles. The first kappa shape index (κ1) is 29.3. The summed E-state index contributed by atoms with van der Waals surface area (Å²) in [7, 11) is 0. The lowest BCUT2D eigenvalue weighted by molar-refractivity contribution is 0.267. The minimum Gasteiger partial charge on any atom is -0.490 e. The summed E-state index contributed by atoms with van der Waals surface area (Å²) in [5.41, 5.74) is 2.29. The third kappa shape index (κ3) is 6.15. The standard InChI is InChI=1S/C32H21BrCl3N3O4/c1-2-41-28-13-19(11-23(33)30(28)42-17-18-7-9-24(35)25(36)12-18)16-37-39-31(38-26-6-4-3-5-22(26)32(39)40)29-15-20-14-21(34)8-10-27(20)43-29/h3-16H,2,17H2,1H3. The van der Waals surface area contributed by atoms with Crippen molar-refractivity contribution >= 4 is 78.8 Å². The van der Waals surface area contributed by atoms with Crippen LogP contribution >= 0.6 is 50.7 Å². The number of aromatic nitrogens is 2. The van der Waals surface area contributed by atoms with Crippen molar-refractivity contribution in [3.63, 3.8) is 0 Å². The molecule has 2 heterocycles. The summed E-state index contributed by atoms with van der Waals surface area (Å²) in [6, 6.07) is 23.1. The quantitative estimate of drug-likeness (QED) is 0.148. The minimum absolute atomic E-state index is 0.243. The zero-order valence-electron chi connectivity index (χ0n) is 22.5. The molecule has 7 nitrogen and oxygen atoms in total. The number of ether oxygens (including phenoxy) is 2. The number of nitrogens with zero attached hydrogens (tertiary/aromatic N) is 3. The van der Waals surface area contributed by atoms with Crippen molar-refractivity contribution in [2.24, 2.45) is 5.10 Å². The van der Waals surface area contributed by atoms with Crippen molar-refractivity contribution < 1.29 is 13.9 Å². The molecule has 0 atom stereocenters. The Balaban J connectivity index is 1.39. The Morgan fingerprint density at radius 3 is 2.63 bits per heavy atom. The molecule has 0 bridgehead atoms. The Morgan fingerprint density at radius 2 is 1.81 bits per heavy atom. The number of fused-ring (bicyclic) bond motifs is 2. The van der Waals surface area contributed by atoms with Crippen molar-refractivity contribution in [3.8, 4) is 23.1 Å². The van der Waals surface area contributed by atoms with Gasteiger partial charge in [0.1, 0.15) is 12.2 Å². The van der Waals surface area contributed by atoms with E-state index in [9.17, 15) is 4.79 Å². The van der Waals surface area contributed by atoms with Gasteiger partial charge in [-0.25, -0.2) is 4.98 Å². The van der Waals surface area contributed by atoms with Gasteiger partial charge in [-0.2, -0.15) is 9.78 Å². The zero-order valence-corrected chi connectivity index (χ0v) is 26.3. The van der Waals surface area contributed by atoms with Crippen molar-refractivity contribution in [2.45, 2.75) is 13.5 Å². The van der Waals surface area contributed by atoms with Crippen LogP contribution in [0.2, 0.25) is 15.1 Å². The van der Waals surface area contributed by atoms with E-state index >= 15 is 0 Å². The highest BCUT2D eigenvalue weighted by Crippen LogP contribution is 2.37. The van der Waals surface area contributed by atoms with Gasteiger partial charge in [-0.05, 0) is 94.6 Å². The van der Waals surface area contributed by atoms with Gasteiger partial charge < -0.3 is 13.9 Å². The Hall–Kier alpha value is -3.82. The van der Waals surface area contributed by atoms with E-state index in [-0.39, 0.29) is 18.0 Å². The topological polar surface area (TPSA) is 78.9 Å². The Bertz CT molecular complexity index is 2090. The summed E-state index contributed by atoms with van der Waals surface area (Å²) in [5, 5.41) is 7.25. The van der Waals surface area contributed by atoms with Gasteiger partial charge in [0.05, 0.1) is 38.2 Å². The van der Waals surface area contributed by atoms with Gasteiger partial charge >= 0.3 is 0 Å².